The molecule has 4 aromatic rings. The molecule has 1 aromatic heterocycles. The van der Waals surface area contributed by atoms with Gasteiger partial charge in [-0.25, -0.2) is 9.37 Å². The zero-order valence-electron chi connectivity index (χ0n) is 18.7. The molecule has 0 spiro atoms. The molecule has 174 valence electrons. The topological polar surface area (TPSA) is 73.2 Å². The predicted molar refractivity (Wildman–Crippen MR) is 131 cm³/mol. The molecule has 34 heavy (non-hydrogen) atoms. The summed E-state index contributed by atoms with van der Waals surface area (Å²) >= 11 is 1.24. The Balaban J connectivity index is 1.36. The lowest BCUT2D eigenvalue weighted by Gasteiger charge is -2.10. The summed E-state index contributed by atoms with van der Waals surface area (Å²) < 4.78 is 20.4. The molecule has 0 bridgehead atoms. The second kappa shape index (κ2) is 11.0. The summed E-state index contributed by atoms with van der Waals surface area (Å²) in [6.07, 6.45) is 0.863. The summed E-state index contributed by atoms with van der Waals surface area (Å²) in [5, 5.41) is 3.38. The second-order valence-corrected chi connectivity index (χ2v) is 8.59. The van der Waals surface area contributed by atoms with Crippen LogP contribution < -0.4 is 5.32 Å². The molecule has 0 radical (unpaired) electrons. The van der Waals surface area contributed by atoms with Crippen LogP contribution in [0.4, 0.5) is 10.1 Å². The number of benzene rings is 3. The van der Waals surface area contributed by atoms with E-state index in [2.05, 4.69) is 10.3 Å². The number of ether oxygens (including phenoxy) is 1. The van der Waals surface area contributed by atoms with E-state index in [1.165, 1.54) is 23.9 Å². The Morgan fingerprint density at radius 1 is 1.03 bits per heavy atom. The third-order valence-electron chi connectivity index (χ3n) is 5.18. The number of carbonyl (C=O) groups is 2. The molecule has 1 heterocycles. The summed E-state index contributed by atoms with van der Waals surface area (Å²) in [4.78, 5) is 29.1. The molecule has 0 aliphatic rings. The van der Waals surface area contributed by atoms with Crippen LogP contribution in [-0.2, 0) is 27.3 Å². The number of amides is 1. The van der Waals surface area contributed by atoms with Crippen LogP contribution in [0, 0.1) is 5.82 Å². The van der Waals surface area contributed by atoms with Gasteiger partial charge in [0.2, 0.25) is 0 Å². The number of imidazole rings is 1. The second-order valence-electron chi connectivity index (χ2n) is 7.65. The molecule has 0 saturated carbocycles. The number of carbonyl (C=O) groups excluding carboxylic acids is 2. The molecule has 0 atom stereocenters. The Bertz CT molecular complexity index is 1300. The van der Waals surface area contributed by atoms with Gasteiger partial charge >= 0.3 is 5.97 Å². The Morgan fingerprint density at radius 2 is 1.82 bits per heavy atom. The fourth-order valence-electron chi connectivity index (χ4n) is 3.47. The van der Waals surface area contributed by atoms with Crippen molar-refractivity contribution >= 4 is 40.4 Å². The van der Waals surface area contributed by atoms with E-state index >= 15 is 0 Å². The molecule has 6 nitrogen and oxygen atoms in total. The lowest BCUT2D eigenvalue weighted by molar-refractivity contribution is -0.144. The van der Waals surface area contributed by atoms with Gasteiger partial charge < -0.3 is 14.6 Å². The monoisotopic (exact) mass is 477 g/mol. The summed E-state index contributed by atoms with van der Waals surface area (Å²) in [6, 6.07) is 21.5. The van der Waals surface area contributed by atoms with Gasteiger partial charge in [-0.3, -0.25) is 9.59 Å². The van der Waals surface area contributed by atoms with E-state index in [-0.39, 0.29) is 18.2 Å². The number of hydrogen-bond donors (Lipinski definition) is 1. The number of para-hydroxylation sites is 2. The molecule has 0 saturated heterocycles. The van der Waals surface area contributed by atoms with Gasteiger partial charge in [0, 0.05) is 5.69 Å². The Hall–Kier alpha value is -3.65. The number of nitrogens with zero attached hydrogens (tertiary/aromatic N) is 2. The Kier molecular flexibility index (Phi) is 7.59. The van der Waals surface area contributed by atoms with Crippen LogP contribution in [0.5, 0.6) is 0 Å². The quantitative estimate of drug-likeness (QED) is 0.269. The summed E-state index contributed by atoms with van der Waals surface area (Å²) in [5.74, 6) is -1.19. The lowest BCUT2D eigenvalue weighted by atomic mass is 10.1. The van der Waals surface area contributed by atoms with Crippen molar-refractivity contribution in [1.29, 1.82) is 0 Å². The van der Waals surface area contributed by atoms with Crippen LogP contribution in [0.1, 0.15) is 18.1 Å². The van der Waals surface area contributed by atoms with Crippen LogP contribution in [0.15, 0.2) is 78.0 Å². The van der Waals surface area contributed by atoms with Crippen molar-refractivity contribution in [1.82, 2.24) is 9.55 Å². The Morgan fingerprint density at radius 3 is 2.62 bits per heavy atom. The number of esters is 1. The van der Waals surface area contributed by atoms with Crippen LogP contribution in [0.2, 0.25) is 0 Å². The van der Waals surface area contributed by atoms with Crippen molar-refractivity contribution in [3.63, 3.8) is 0 Å². The number of aryl methyl sites for hydroxylation is 1. The minimum Gasteiger partial charge on any atom is -0.455 e. The zero-order chi connectivity index (χ0) is 23.9. The van der Waals surface area contributed by atoms with E-state index in [0.29, 0.717) is 17.4 Å². The summed E-state index contributed by atoms with van der Waals surface area (Å²) in [7, 11) is 0. The highest BCUT2D eigenvalue weighted by Crippen LogP contribution is 2.25. The van der Waals surface area contributed by atoms with Gasteiger partial charge in [0.1, 0.15) is 5.82 Å². The highest BCUT2D eigenvalue weighted by atomic mass is 32.2. The maximum absolute atomic E-state index is 13.3. The summed E-state index contributed by atoms with van der Waals surface area (Å²) in [5.41, 5.74) is 4.40. The van der Waals surface area contributed by atoms with E-state index in [0.717, 1.165) is 28.6 Å². The first-order valence-corrected chi connectivity index (χ1v) is 11.9. The third kappa shape index (κ3) is 6.02. The van der Waals surface area contributed by atoms with Gasteiger partial charge in [0.25, 0.3) is 5.91 Å². The van der Waals surface area contributed by atoms with Crippen LogP contribution in [-0.4, -0.2) is 33.8 Å². The molecule has 0 fully saturated rings. The van der Waals surface area contributed by atoms with E-state index in [9.17, 15) is 14.0 Å². The number of hydrogen-bond acceptors (Lipinski definition) is 5. The molecular weight excluding hydrogens is 453 g/mol. The minimum absolute atomic E-state index is 0.00530. The third-order valence-corrected chi connectivity index (χ3v) is 6.13. The lowest BCUT2D eigenvalue weighted by Crippen LogP contribution is -2.21. The maximum Gasteiger partial charge on any atom is 0.316 e. The van der Waals surface area contributed by atoms with Crippen LogP contribution in [0.3, 0.4) is 0 Å². The average Bonchev–Trinajstić information content (AvgIpc) is 3.20. The highest BCUT2D eigenvalue weighted by molar-refractivity contribution is 7.99. The number of thioether (sulfide) groups is 1. The van der Waals surface area contributed by atoms with Gasteiger partial charge in [0.05, 0.1) is 23.3 Å². The average molecular weight is 478 g/mol. The number of aromatic nitrogens is 2. The molecule has 1 amide bonds. The molecule has 4 rings (SSSR count). The predicted octanol–water partition coefficient (Wildman–Crippen LogP) is 5.06. The molecule has 3 aromatic carbocycles. The fourth-order valence-corrected chi connectivity index (χ4v) is 4.28. The summed E-state index contributed by atoms with van der Waals surface area (Å²) in [6.45, 7) is 2.16. The minimum atomic E-state index is -0.511. The first-order chi connectivity index (χ1) is 16.5. The molecule has 8 heteroatoms. The van der Waals surface area contributed by atoms with Gasteiger partial charge in [-0.15, -0.1) is 0 Å². The van der Waals surface area contributed by atoms with Gasteiger partial charge in [0.15, 0.2) is 11.8 Å². The van der Waals surface area contributed by atoms with E-state index in [1.807, 2.05) is 54.0 Å². The number of rotatable bonds is 9. The number of nitrogens with one attached hydrogen (secondary N) is 1. The van der Waals surface area contributed by atoms with Gasteiger partial charge in [-0.1, -0.05) is 55.1 Å². The van der Waals surface area contributed by atoms with Crippen molar-refractivity contribution in [2.45, 2.75) is 25.0 Å². The number of anilines is 1. The van der Waals surface area contributed by atoms with Gasteiger partial charge in [-0.05, 0) is 53.9 Å². The number of halogens is 1. The smallest absolute Gasteiger partial charge is 0.316 e. The first-order valence-electron chi connectivity index (χ1n) is 10.9. The van der Waals surface area contributed by atoms with Crippen LogP contribution >= 0.6 is 11.8 Å². The fraction of sp³-hybridized carbons (Fsp3) is 0.192. The van der Waals surface area contributed by atoms with Crippen molar-refractivity contribution in [3.8, 4) is 0 Å². The van der Waals surface area contributed by atoms with E-state index in [4.69, 9.17) is 4.74 Å². The highest BCUT2D eigenvalue weighted by Gasteiger charge is 2.15. The van der Waals surface area contributed by atoms with Gasteiger partial charge in [-0.2, -0.15) is 0 Å². The first kappa shape index (κ1) is 23.5. The van der Waals surface area contributed by atoms with Crippen molar-refractivity contribution in [2.75, 3.05) is 17.7 Å². The van der Waals surface area contributed by atoms with Crippen molar-refractivity contribution < 1.29 is 18.7 Å². The van der Waals surface area contributed by atoms with Crippen molar-refractivity contribution in [3.05, 3.63) is 89.7 Å². The standard InChI is InChI=1S/C26H24FN3O3S/c1-2-18-6-5-7-21(14-18)28-24(31)16-33-25(32)17-34-26-29-22-8-3-4-9-23(22)30(26)15-19-10-12-20(27)13-11-19/h3-14H,2,15-17H2,1H3,(H,28,31). The van der Waals surface area contributed by atoms with E-state index < -0.39 is 11.9 Å². The molecule has 0 aliphatic carbocycles. The normalized spacial score (nSPS) is 10.9. The maximum atomic E-state index is 13.3. The SMILES string of the molecule is CCc1cccc(NC(=O)COC(=O)CSc2nc3ccccc3n2Cc2ccc(F)cc2)c1. The largest absolute Gasteiger partial charge is 0.455 e. The van der Waals surface area contributed by atoms with Crippen molar-refractivity contribution in [2.24, 2.45) is 0 Å². The van der Waals surface area contributed by atoms with Crippen LogP contribution in [0.25, 0.3) is 11.0 Å². The Labute approximate surface area is 201 Å². The molecule has 0 aliphatic heterocycles. The molecular formula is C26H24FN3O3S. The number of fused-ring (bicyclic) bond motifs is 1. The van der Waals surface area contributed by atoms with E-state index in [1.54, 1.807) is 18.2 Å². The molecule has 1 N–H and O–H groups in total. The molecule has 0 unspecified atom stereocenters. The zero-order valence-corrected chi connectivity index (χ0v) is 19.5.